The fourth-order valence-corrected chi connectivity index (χ4v) is 2.57. The van der Waals surface area contributed by atoms with Gasteiger partial charge in [-0.2, -0.15) is 0 Å². The van der Waals surface area contributed by atoms with Crippen molar-refractivity contribution in [3.63, 3.8) is 0 Å². The molecule has 0 saturated carbocycles. The highest BCUT2D eigenvalue weighted by Crippen LogP contribution is 2.20. The number of rotatable bonds is 3. The largest absolute Gasteiger partial charge is 0.478 e. The van der Waals surface area contributed by atoms with Crippen LogP contribution in [0, 0.1) is 13.8 Å². The predicted molar refractivity (Wildman–Crippen MR) is 93.5 cm³/mol. The molecule has 2 aromatic carbocycles. The number of aromatic nitrogens is 1. The molecule has 3 aromatic rings. The monoisotopic (exact) mass is 303 g/mol. The fraction of sp³-hybridized carbons (Fsp3) is 0.100. The molecule has 3 rings (SSSR count). The number of aryl methyl sites for hydroxylation is 2. The molecule has 0 aliphatic rings. The summed E-state index contributed by atoms with van der Waals surface area (Å²) in [5, 5.41) is 10.1. The Morgan fingerprint density at radius 1 is 1.04 bits per heavy atom. The number of pyridine rings is 1. The van der Waals surface area contributed by atoms with Crippen LogP contribution < -0.4 is 0 Å². The van der Waals surface area contributed by atoms with Crippen LogP contribution in [0.15, 0.2) is 48.5 Å². The number of carboxylic acids is 1. The van der Waals surface area contributed by atoms with Crippen molar-refractivity contribution < 1.29 is 9.90 Å². The Kier molecular flexibility index (Phi) is 3.94. The number of aromatic carboxylic acids is 1. The van der Waals surface area contributed by atoms with Crippen LogP contribution in [0.1, 0.15) is 32.7 Å². The quantitative estimate of drug-likeness (QED) is 0.761. The highest BCUT2D eigenvalue weighted by atomic mass is 16.4. The molecular weight excluding hydrogens is 286 g/mol. The first kappa shape index (κ1) is 15.0. The molecule has 1 N–H and O–H groups in total. The molecule has 23 heavy (non-hydrogen) atoms. The minimum atomic E-state index is -0.940. The number of fused-ring (bicyclic) bond motifs is 1. The van der Waals surface area contributed by atoms with E-state index in [0.29, 0.717) is 16.6 Å². The summed E-state index contributed by atoms with van der Waals surface area (Å²) in [7, 11) is 0. The highest BCUT2D eigenvalue weighted by Gasteiger charge is 2.10. The summed E-state index contributed by atoms with van der Waals surface area (Å²) in [5.74, 6) is -0.940. The minimum absolute atomic E-state index is 0.274. The van der Waals surface area contributed by atoms with Gasteiger partial charge in [-0.1, -0.05) is 48.0 Å². The lowest BCUT2D eigenvalue weighted by Gasteiger charge is -2.05. The van der Waals surface area contributed by atoms with Crippen LogP contribution in [-0.2, 0) is 0 Å². The van der Waals surface area contributed by atoms with Crippen LogP contribution in [0.4, 0.5) is 0 Å². The Hall–Kier alpha value is -2.94. The van der Waals surface area contributed by atoms with Crippen molar-refractivity contribution in [2.75, 3.05) is 0 Å². The van der Waals surface area contributed by atoms with Crippen molar-refractivity contribution in [1.82, 2.24) is 4.98 Å². The zero-order valence-corrected chi connectivity index (χ0v) is 13.1. The number of carbonyl (C=O) groups is 1. The number of hydrogen-bond acceptors (Lipinski definition) is 2. The van der Waals surface area contributed by atoms with E-state index in [1.54, 1.807) is 12.1 Å². The second-order valence-electron chi connectivity index (χ2n) is 5.61. The van der Waals surface area contributed by atoms with Crippen molar-refractivity contribution in [3.8, 4) is 0 Å². The third-order valence-corrected chi connectivity index (χ3v) is 3.83. The van der Waals surface area contributed by atoms with Crippen LogP contribution in [0.2, 0.25) is 0 Å². The number of carboxylic acid groups (broad SMARTS) is 1. The average molecular weight is 303 g/mol. The maximum absolute atomic E-state index is 11.5. The number of hydrogen-bond donors (Lipinski definition) is 1. The van der Waals surface area contributed by atoms with Crippen LogP contribution >= 0.6 is 0 Å². The first-order valence-electron chi connectivity index (χ1n) is 7.43. The van der Waals surface area contributed by atoms with E-state index < -0.39 is 5.97 Å². The highest BCUT2D eigenvalue weighted by molar-refractivity contribution is 6.03. The summed E-state index contributed by atoms with van der Waals surface area (Å²) in [4.78, 5) is 16.0. The van der Waals surface area contributed by atoms with Gasteiger partial charge in [0.2, 0.25) is 0 Å². The summed E-state index contributed by atoms with van der Waals surface area (Å²) in [6.45, 7) is 4.10. The average Bonchev–Trinajstić information content (AvgIpc) is 2.54. The van der Waals surface area contributed by atoms with Gasteiger partial charge in [-0.15, -0.1) is 0 Å². The molecule has 0 unspecified atom stereocenters. The molecule has 0 aliphatic carbocycles. The van der Waals surface area contributed by atoms with E-state index in [9.17, 15) is 9.90 Å². The maximum Gasteiger partial charge on any atom is 0.336 e. The van der Waals surface area contributed by atoms with Gasteiger partial charge in [-0.25, -0.2) is 9.78 Å². The van der Waals surface area contributed by atoms with Gasteiger partial charge < -0.3 is 5.11 Å². The van der Waals surface area contributed by atoms with Gasteiger partial charge in [0.05, 0.1) is 16.8 Å². The topological polar surface area (TPSA) is 50.2 Å². The molecule has 0 fully saturated rings. The van der Waals surface area contributed by atoms with Crippen molar-refractivity contribution in [1.29, 1.82) is 0 Å². The summed E-state index contributed by atoms with van der Waals surface area (Å²) >= 11 is 0. The lowest BCUT2D eigenvalue weighted by Crippen LogP contribution is -2.00. The smallest absolute Gasteiger partial charge is 0.336 e. The molecule has 3 heteroatoms. The molecule has 114 valence electrons. The van der Waals surface area contributed by atoms with E-state index in [2.05, 4.69) is 30.1 Å². The lowest BCUT2D eigenvalue weighted by molar-refractivity contribution is 0.0699. The number of para-hydroxylation sites is 1. The Bertz CT molecular complexity index is 926. The molecule has 0 aliphatic heterocycles. The Balaban J connectivity index is 2.08. The zero-order chi connectivity index (χ0) is 16.4. The summed E-state index contributed by atoms with van der Waals surface area (Å²) < 4.78 is 0. The van der Waals surface area contributed by atoms with Crippen LogP contribution in [0.25, 0.3) is 23.1 Å². The molecular formula is C20H17NO2. The number of benzene rings is 2. The van der Waals surface area contributed by atoms with E-state index in [0.717, 1.165) is 5.56 Å². The lowest BCUT2D eigenvalue weighted by atomic mass is 10.0. The molecule has 0 radical (unpaired) electrons. The SMILES string of the molecule is Cc1ccc(C)c(C=Cc2cc(C(=O)O)c3ccccc3n2)c1. The van der Waals surface area contributed by atoms with Gasteiger partial charge in [0.1, 0.15) is 0 Å². The summed E-state index contributed by atoms with van der Waals surface area (Å²) in [5.41, 5.74) is 5.07. The first-order valence-corrected chi connectivity index (χ1v) is 7.43. The second kappa shape index (κ2) is 6.05. The molecule has 3 nitrogen and oxygen atoms in total. The molecule has 0 amide bonds. The standard InChI is InChI=1S/C20H17NO2/c1-13-7-8-14(2)15(11-13)9-10-16-12-18(20(22)23)17-5-3-4-6-19(17)21-16/h3-12H,1-2H3,(H,22,23). The Morgan fingerprint density at radius 2 is 1.83 bits per heavy atom. The Morgan fingerprint density at radius 3 is 2.61 bits per heavy atom. The molecule has 0 saturated heterocycles. The molecule has 0 atom stereocenters. The third kappa shape index (κ3) is 3.14. The van der Waals surface area contributed by atoms with Crippen molar-refractivity contribution >= 4 is 29.0 Å². The normalized spacial score (nSPS) is 11.2. The molecule has 1 aromatic heterocycles. The molecule has 0 spiro atoms. The van der Waals surface area contributed by atoms with Crippen molar-refractivity contribution in [2.24, 2.45) is 0 Å². The van der Waals surface area contributed by atoms with Crippen LogP contribution in [-0.4, -0.2) is 16.1 Å². The second-order valence-corrected chi connectivity index (χ2v) is 5.61. The zero-order valence-electron chi connectivity index (χ0n) is 13.1. The van der Waals surface area contributed by atoms with Gasteiger partial charge >= 0.3 is 5.97 Å². The predicted octanol–water partition coefficient (Wildman–Crippen LogP) is 4.72. The van der Waals surface area contributed by atoms with Gasteiger partial charge in [0, 0.05) is 5.39 Å². The summed E-state index contributed by atoms with van der Waals surface area (Å²) in [6.07, 6.45) is 3.84. The summed E-state index contributed by atoms with van der Waals surface area (Å²) in [6, 6.07) is 15.2. The van der Waals surface area contributed by atoms with Crippen LogP contribution in [0.3, 0.4) is 0 Å². The Labute approximate surface area is 134 Å². The van der Waals surface area contributed by atoms with E-state index in [1.807, 2.05) is 37.3 Å². The van der Waals surface area contributed by atoms with Crippen molar-refractivity contribution in [2.45, 2.75) is 13.8 Å². The van der Waals surface area contributed by atoms with Crippen molar-refractivity contribution in [3.05, 3.63) is 76.5 Å². The third-order valence-electron chi connectivity index (χ3n) is 3.83. The van der Waals surface area contributed by atoms with Gasteiger partial charge in [0.25, 0.3) is 0 Å². The van der Waals surface area contributed by atoms with E-state index in [-0.39, 0.29) is 5.56 Å². The van der Waals surface area contributed by atoms with E-state index in [1.165, 1.54) is 11.1 Å². The van der Waals surface area contributed by atoms with Gasteiger partial charge in [0.15, 0.2) is 0 Å². The van der Waals surface area contributed by atoms with E-state index >= 15 is 0 Å². The van der Waals surface area contributed by atoms with Gasteiger partial charge in [-0.05, 0) is 43.2 Å². The van der Waals surface area contributed by atoms with Gasteiger partial charge in [-0.3, -0.25) is 0 Å². The first-order chi connectivity index (χ1) is 11.0. The number of nitrogens with zero attached hydrogens (tertiary/aromatic N) is 1. The molecule has 1 heterocycles. The maximum atomic E-state index is 11.5. The fourth-order valence-electron chi connectivity index (χ4n) is 2.57. The minimum Gasteiger partial charge on any atom is -0.478 e. The molecule has 0 bridgehead atoms. The van der Waals surface area contributed by atoms with E-state index in [4.69, 9.17) is 0 Å². The van der Waals surface area contributed by atoms with Crippen LogP contribution in [0.5, 0.6) is 0 Å².